The van der Waals surface area contributed by atoms with Crippen LogP contribution in [0.1, 0.15) is 26.7 Å². The molecule has 0 radical (unpaired) electrons. The Hall–Kier alpha value is -0.660. The average molecular weight is 264 g/mol. The maximum absolute atomic E-state index is 11.7. The van der Waals surface area contributed by atoms with Gasteiger partial charge < -0.3 is 10.1 Å². The number of hydrogen-bond acceptors (Lipinski definition) is 5. The molecule has 0 aromatic heterocycles. The second-order valence-electron chi connectivity index (χ2n) is 4.17. The van der Waals surface area contributed by atoms with Crippen molar-refractivity contribution in [1.29, 1.82) is 0 Å². The van der Waals surface area contributed by atoms with Gasteiger partial charge in [-0.05, 0) is 33.2 Å². The fourth-order valence-corrected chi connectivity index (χ4v) is 3.10. The number of carbonyl (C=O) groups excluding carboxylic acids is 1. The van der Waals surface area contributed by atoms with E-state index >= 15 is 0 Å². The van der Waals surface area contributed by atoms with Gasteiger partial charge in [0, 0.05) is 12.1 Å². The van der Waals surface area contributed by atoms with Crippen LogP contribution >= 0.6 is 0 Å². The van der Waals surface area contributed by atoms with E-state index < -0.39 is 21.7 Å². The van der Waals surface area contributed by atoms with Crippen molar-refractivity contribution in [2.24, 2.45) is 0 Å². The molecule has 1 rings (SSSR count). The van der Waals surface area contributed by atoms with Crippen LogP contribution in [0.15, 0.2) is 0 Å². The molecular formula is C10H20N2O4S. The Morgan fingerprint density at radius 3 is 2.82 bits per heavy atom. The number of esters is 1. The van der Waals surface area contributed by atoms with Gasteiger partial charge in [-0.1, -0.05) is 0 Å². The fourth-order valence-electron chi connectivity index (χ4n) is 1.84. The summed E-state index contributed by atoms with van der Waals surface area (Å²) in [6, 6.07) is -0.0658. The maximum atomic E-state index is 11.7. The molecule has 0 spiro atoms. The summed E-state index contributed by atoms with van der Waals surface area (Å²) in [6.07, 6.45) is 1.72. The molecule has 17 heavy (non-hydrogen) atoms. The van der Waals surface area contributed by atoms with E-state index in [0.29, 0.717) is 0 Å². The lowest BCUT2D eigenvalue weighted by Gasteiger charge is -2.30. The molecule has 1 aliphatic heterocycles. The third-order valence-electron chi connectivity index (χ3n) is 2.71. The van der Waals surface area contributed by atoms with Crippen LogP contribution in [0.3, 0.4) is 0 Å². The summed E-state index contributed by atoms with van der Waals surface area (Å²) in [7, 11) is -3.60. The van der Waals surface area contributed by atoms with Crippen LogP contribution in [0.25, 0.3) is 0 Å². The molecule has 0 aromatic carbocycles. The Morgan fingerprint density at radius 2 is 2.24 bits per heavy atom. The van der Waals surface area contributed by atoms with Gasteiger partial charge in [0.15, 0.2) is 5.75 Å². The van der Waals surface area contributed by atoms with Crippen LogP contribution in [-0.2, 0) is 19.6 Å². The predicted molar refractivity (Wildman–Crippen MR) is 64.0 cm³/mol. The van der Waals surface area contributed by atoms with Gasteiger partial charge in [0.05, 0.1) is 6.61 Å². The monoisotopic (exact) mass is 264 g/mol. The second kappa shape index (κ2) is 6.32. The summed E-state index contributed by atoms with van der Waals surface area (Å²) in [6.45, 7) is 4.66. The van der Waals surface area contributed by atoms with Crippen molar-refractivity contribution in [3.63, 3.8) is 0 Å². The summed E-state index contributed by atoms with van der Waals surface area (Å²) in [5.41, 5.74) is 0. The molecular weight excluding hydrogens is 244 g/mol. The van der Waals surface area contributed by atoms with Crippen molar-refractivity contribution in [1.82, 2.24) is 10.0 Å². The standard InChI is InChI=1S/C10H20N2O4S/c1-3-16-10(13)7-17(14,15)12-9-5-4-6-11-8(9)2/h8-9,11-12H,3-7H2,1-2H3. The molecule has 1 saturated heterocycles. The molecule has 7 heteroatoms. The van der Waals surface area contributed by atoms with E-state index in [9.17, 15) is 13.2 Å². The van der Waals surface area contributed by atoms with E-state index in [2.05, 4.69) is 14.8 Å². The number of ether oxygens (including phenoxy) is 1. The third kappa shape index (κ3) is 5.01. The largest absolute Gasteiger partial charge is 0.465 e. The SMILES string of the molecule is CCOC(=O)CS(=O)(=O)NC1CCCNC1C. The first-order valence-corrected chi connectivity index (χ1v) is 7.49. The van der Waals surface area contributed by atoms with Crippen LogP contribution in [-0.4, -0.2) is 45.4 Å². The molecule has 0 aromatic rings. The minimum Gasteiger partial charge on any atom is -0.465 e. The lowest BCUT2D eigenvalue weighted by molar-refractivity contribution is -0.139. The molecule has 1 fully saturated rings. The minimum absolute atomic E-state index is 0.0840. The maximum Gasteiger partial charge on any atom is 0.322 e. The first-order valence-electron chi connectivity index (χ1n) is 5.83. The molecule has 1 heterocycles. The third-order valence-corrected chi connectivity index (χ3v) is 3.98. The highest BCUT2D eigenvalue weighted by molar-refractivity contribution is 7.90. The summed E-state index contributed by atoms with van der Waals surface area (Å²) in [4.78, 5) is 11.1. The van der Waals surface area contributed by atoms with Crippen molar-refractivity contribution >= 4 is 16.0 Å². The van der Waals surface area contributed by atoms with Crippen LogP contribution in [0, 0.1) is 0 Å². The van der Waals surface area contributed by atoms with Crippen molar-refractivity contribution < 1.29 is 17.9 Å². The highest BCUT2D eigenvalue weighted by Gasteiger charge is 2.27. The topological polar surface area (TPSA) is 84.5 Å². The summed E-state index contributed by atoms with van der Waals surface area (Å²) >= 11 is 0. The molecule has 0 aliphatic carbocycles. The lowest BCUT2D eigenvalue weighted by Crippen LogP contribution is -2.52. The van der Waals surface area contributed by atoms with Gasteiger partial charge in [0.25, 0.3) is 0 Å². The molecule has 1 aliphatic rings. The number of nitrogens with one attached hydrogen (secondary N) is 2. The van der Waals surface area contributed by atoms with E-state index in [1.54, 1.807) is 6.92 Å². The molecule has 0 saturated carbocycles. The molecule has 100 valence electrons. The zero-order valence-corrected chi connectivity index (χ0v) is 11.0. The molecule has 6 nitrogen and oxygen atoms in total. The Kier molecular flexibility index (Phi) is 5.35. The molecule has 2 unspecified atom stereocenters. The fraction of sp³-hybridized carbons (Fsp3) is 0.900. The summed E-state index contributed by atoms with van der Waals surface area (Å²) < 4.78 is 30.5. The molecule has 2 N–H and O–H groups in total. The smallest absolute Gasteiger partial charge is 0.322 e. The predicted octanol–water partition coefficient (Wildman–Crippen LogP) is -0.391. The van der Waals surface area contributed by atoms with Crippen molar-refractivity contribution in [2.45, 2.75) is 38.8 Å². The Bertz CT molecular complexity index is 355. The van der Waals surface area contributed by atoms with Gasteiger partial charge >= 0.3 is 5.97 Å². The highest BCUT2D eigenvalue weighted by Crippen LogP contribution is 2.09. The first-order chi connectivity index (χ1) is 7.94. The molecule has 0 amide bonds. The van der Waals surface area contributed by atoms with Crippen LogP contribution < -0.4 is 10.0 Å². The van der Waals surface area contributed by atoms with Gasteiger partial charge in [0.2, 0.25) is 10.0 Å². The number of carbonyl (C=O) groups is 1. The number of rotatable bonds is 5. The van der Waals surface area contributed by atoms with E-state index in [4.69, 9.17) is 0 Å². The van der Waals surface area contributed by atoms with E-state index in [-0.39, 0.29) is 18.7 Å². The summed E-state index contributed by atoms with van der Waals surface area (Å²) in [5, 5.41) is 3.19. The van der Waals surface area contributed by atoms with E-state index in [1.807, 2.05) is 6.92 Å². The number of hydrogen-bond donors (Lipinski definition) is 2. The van der Waals surface area contributed by atoms with Crippen molar-refractivity contribution in [3.05, 3.63) is 0 Å². The minimum atomic E-state index is -3.60. The lowest BCUT2D eigenvalue weighted by atomic mass is 10.0. The Morgan fingerprint density at radius 1 is 1.53 bits per heavy atom. The normalized spacial score (nSPS) is 25.5. The zero-order chi connectivity index (χ0) is 12.9. The second-order valence-corrected chi connectivity index (χ2v) is 5.93. The van der Waals surface area contributed by atoms with Crippen LogP contribution in [0.2, 0.25) is 0 Å². The highest BCUT2D eigenvalue weighted by atomic mass is 32.2. The molecule has 0 bridgehead atoms. The Labute approximate surface area is 102 Å². The van der Waals surface area contributed by atoms with Gasteiger partial charge in [-0.15, -0.1) is 0 Å². The first kappa shape index (κ1) is 14.4. The van der Waals surface area contributed by atoms with Gasteiger partial charge in [-0.2, -0.15) is 0 Å². The average Bonchev–Trinajstić information content (AvgIpc) is 2.20. The summed E-state index contributed by atoms with van der Waals surface area (Å²) in [5.74, 6) is -1.32. The van der Waals surface area contributed by atoms with Crippen molar-refractivity contribution in [3.8, 4) is 0 Å². The Balaban J connectivity index is 2.50. The van der Waals surface area contributed by atoms with Crippen LogP contribution in [0.5, 0.6) is 0 Å². The van der Waals surface area contributed by atoms with Crippen LogP contribution in [0.4, 0.5) is 0 Å². The zero-order valence-electron chi connectivity index (χ0n) is 10.2. The van der Waals surface area contributed by atoms with Crippen molar-refractivity contribution in [2.75, 3.05) is 18.9 Å². The number of piperidine rings is 1. The van der Waals surface area contributed by atoms with E-state index in [0.717, 1.165) is 19.4 Å². The van der Waals surface area contributed by atoms with Gasteiger partial charge in [-0.3, -0.25) is 4.79 Å². The number of sulfonamides is 1. The van der Waals surface area contributed by atoms with Gasteiger partial charge in [0.1, 0.15) is 0 Å². The molecule has 2 atom stereocenters. The van der Waals surface area contributed by atoms with E-state index in [1.165, 1.54) is 0 Å². The van der Waals surface area contributed by atoms with Gasteiger partial charge in [-0.25, -0.2) is 13.1 Å². The quantitative estimate of drug-likeness (QED) is 0.661.